The van der Waals surface area contributed by atoms with Crippen LogP contribution in [0.1, 0.15) is 42.5 Å². The summed E-state index contributed by atoms with van der Waals surface area (Å²) < 4.78 is 0. The number of pyridine rings is 1. The number of halogens is 1. The first-order valence-corrected chi connectivity index (χ1v) is 6.86. The van der Waals surface area contributed by atoms with Crippen molar-refractivity contribution in [1.82, 2.24) is 10.3 Å². The second kappa shape index (κ2) is 6.21. The number of hydrogen-bond donors (Lipinski definition) is 3. The quantitative estimate of drug-likeness (QED) is 0.570. The fraction of sp³-hybridized carbons (Fsp3) is 0.538. The summed E-state index contributed by atoms with van der Waals surface area (Å²) in [6.45, 7) is 0. The number of aliphatic hydroxyl groups is 1. The van der Waals surface area contributed by atoms with Crippen LogP contribution in [-0.2, 0) is 0 Å². The number of nitrogens with two attached hydrogens (primary N) is 1. The Bertz CT molecular complexity index is 447. The van der Waals surface area contributed by atoms with Crippen molar-refractivity contribution in [2.75, 3.05) is 5.73 Å². The van der Waals surface area contributed by atoms with Crippen LogP contribution in [0.2, 0.25) is 5.15 Å². The standard InChI is InChI=1S/C13H18ClN3O2/c14-11-6-8(7-12(15)17-11)13(19)16-9-4-2-1-3-5-10(9)18/h6-7,9-10,18H,1-5H2,(H2,15,17)(H,16,19). The highest BCUT2D eigenvalue weighted by Gasteiger charge is 2.23. The van der Waals surface area contributed by atoms with Gasteiger partial charge in [-0.1, -0.05) is 30.9 Å². The number of amides is 1. The highest BCUT2D eigenvalue weighted by Crippen LogP contribution is 2.19. The van der Waals surface area contributed by atoms with Crippen molar-refractivity contribution in [1.29, 1.82) is 0 Å². The summed E-state index contributed by atoms with van der Waals surface area (Å²) in [7, 11) is 0. The molecule has 0 aliphatic heterocycles. The second-order valence-corrected chi connectivity index (χ2v) is 5.28. The lowest BCUT2D eigenvalue weighted by atomic mass is 10.1. The van der Waals surface area contributed by atoms with Crippen molar-refractivity contribution in [3.05, 3.63) is 22.8 Å². The molecule has 2 rings (SSSR count). The zero-order valence-corrected chi connectivity index (χ0v) is 11.4. The SMILES string of the molecule is Nc1cc(C(=O)NC2CCCCCC2O)cc(Cl)n1. The molecule has 4 N–H and O–H groups in total. The lowest BCUT2D eigenvalue weighted by Gasteiger charge is -2.21. The van der Waals surface area contributed by atoms with Gasteiger partial charge in [-0.25, -0.2) is 4.98 Å². The van der Waals surface area contributed by atoms with E-state index in [1.54, 1.807) is 0 Å². The van der Waals surface area contributed by atoms with Crippen molar-refractivity contribution >= 4 is 23.3 Å². The van der Waals surface area contributed by atoms with E-state index in [2.05, 4.69) is 10.3 Å². The van der Waals surface area contributed by atoms with Crippen LogP contribution in [0.25, 0.3) is 0 Å². The largest absolute Gasteiger partial charge is 0.391 e. The number of nitrogens with one attached hydrogen (secondary N) is 1. The minimum absolute atomic E-state index is 0.187. The van der Waals surface area contributed by atoms with Gasteiger partial charge >= 0.3 is 0 Å². The maximum absolute atomic E-state index is 12.1. The van der Waals surface area contributed by atoms with Crippen molar-refractivity contribution in [3.63, 3.8) is 0 Å². The lowest BCUT2D eigenvalue weighted by molar-refractivity contribution is 0.0818. The summed E-state index contributed by atoms with van der Waals surface area (Å²) in [5, 5.41) is 13.0. The van der Waals surface area contributed by atoms with Crippen LogP contribution in [0, 0.1) is 0 Å². The van der Waals surface area contributed by atoms with Gasteiger partial charge in [-0.15, -0.1) is 0 Å². The molecule has 2 atom stereocenters. The van der Waals surface area contributed by atoms with Crippen LogP contribution in [0.5, 0.6) is 0 Å². The van der Waals surface area contributed by atoms with E-state index < -0.39 is 6.10 Å². The van der Waals surface area contributed by atoms with E-state index in [1.165, 1.54) is 12.1 Å². The summed E-state index contributed by atoms with van der Waals surface area (Å²) in [4.78, 5) is 15.9. The summed E-state index contributed by atoms with van der Waals surface area (Å²) in [6, 6.07) is 2.74. The van der Waals surface area contributed by atoms with E-state index in [0.29, 0.717) is 5.56 Å². The van der Waals surface area contributed by atoms with Gasteiger partial charge in [0.2, 0.25) is 0 Å². The molecular weight excluding hydrogens is 266 g/mol. The van der Waals surface area contributed by atoms with Crippen LogP contribution in [0.15, 0.2) is 12.1 Å². The lowest BCUT2D eigenvalue weighted by Crippen LogP contribution is -2.42. The summed E-state index contributed by atoms with van der Waals surface area (Å²) in [5.74, 6) is -0.0685. The molecule has 0 bridgehead atoms. The number of hydrogen-bond acceptors (Lipinski definition) is 4. The fourth-order valence-corrected chi connectivity index (χ4v) is 2.57. The Kier molecular flexibility index (Phi) is 4.61. The van der Waals surface area contributed by atoms with E-state index in [1.807, 2.05) is 0 Å². The maximum atomic E-state index is 12.1. The average Bonchev–Trinajstić information content (AvgIpc) is 2.54. The summed E-state index contributed by atoms with van der Waals surface area (Å²) in [6.07, 6.45) is 4.15. The first-order valence-electron chi connectivity index (χ1n) is 6.48. The molecule has 104 valence electrons. The van der Waals surface area contributed by atoms with E-state index in [4.69, 9.17) is 17.3 Å². The number of aromatic nitrogens is 1. The molecule has 1 heterocycles. The first kappa shape index (κ1) is 14.1. The normalized spacial score (nSPS) is 23.7. The monoisotopic (exact) mass is 283 g/mol. The number of carbonyl (C=O) groups excluding carboxylic acids is 1. The van der Waals surface area contributed by atoms with E-state index in [9.17, 15) is 9.90 Å². The summed E-state index contributed by atoms with van der Waals surface area (Å²) in [5.41, 5.74) is 5.93. The molecule has 5 nitrogen and oxygen atoms in total. The molecule has 1 aliphatic rings. The van der Waals surface area contributed by atoms with Crippen LogP contribution < -0.4 is 11.1 Å². The molecule has 0 spiro atoms. The average molecular weight is 284 g/mol. The van der Waals surface area contributed by atoms with Crippen molar-refractivity contribution < 1.29 is 9.90 Å². The fourth-order valence-electron chi connectivity index (χ4n) is 2.36. The smallest absolute Gasteiger partial charge is 0.251 e. The topological polar surface area (TPSA) is 88.2 Å². The van der Waals surface area contributed by atoms with Gasteiger partial charge in [-0.3, -0.25) is 4.79 Å². The number of rotatable bonds is 2. The molecule has 1 fully saturated rings. The predicted molar refractivity (Wildman–Crippen MR) is 74.0 cm³/mol. The first-order chi connectivity index (χ1) is 9.06. The number of carbonyl (C=O) groups is 1. The molecule has 19 heavy (non-hydrogen) atoms. The van der Waals surface area contributed by atoms with Crippen molar-refractivity contribution in [3.8, 4) is 0 Å². The Morgan fingerprint density at radius 3 is 2.84 bits per heavy atom. The molecule has 6 heteroatoms. The third kappa shape index (κ3) is 3.81. The summed E-state index contributed by atoms with van der Waals surface area (Å²) >= 11 is 5.77. The number of nitrogens with zero attached hydrogens (tertiary/aromatic N) is 1. The van der Waals surface area contributed by atoms with Gasteiger partial charge in [0.15, 0.2) is 0 Å². The number of nitrogen functional groups attached to an aromatic ring is 1. The third-order valence-electron chi connectivity index (χ3n) is 3.37. The molecule has 1 aromatic rings. The molecule has 2 unspecified atom stereocenters. The highest BCUT2D eigenvalue weighted by molar-refractivity contribution is 6.29. The second-order valence-electron chi connectivity index (χ2n) is 4.89. The minimum atomic E-state index is -0.485. The van der Waals surface area contributed by atoms with Crippen molar-refractivity contribution in [2.24, 2.45) is 0 Å². The maximum Gasteiger partial charge on any atom is 0.251 e. The van der Waals surface area contributed by atoms with Crippen LogP contribution >= 0.6 is 11.6 Å². The Morgan fingerprint density at radius 1 is 1.37 bits per heavy atom. The Hall–Kier alpha value is -1.33. The van der Waals surface area contributed by atoms with E-state index >= 15 is 0 Å². The van der Waals surface area contributed by atoms with Gasteiger partial charge < -0.3 is 16.2 Å². The minimum Gasteiger partial charge on any atom is -0.391 e. The van der Waals surface area contributed by atoms with Gasteiger partial charge in [0.25, 0.3) is 5.91 Å². The third-order valence-corrected chi connectivity index (χ3v) is 3.57. The van der Waals surface area contributed by atoms with Crippen LogP contribution in [0.4, 0.5) is 5.82 Å². The van der Waals surface area contributed by atoms with Crippen molar-refractivity contribution in [2.45, 2.75) is 44.2 Å². The van der Waals surface area contributed by atoms with Gasteiger partial charge in [-0.2, -0.15) is 0 Å². The molecule has 0 radical (unpaired) electrons. The molecule has 0 saturated heterocycles. The highest BCUT2D eigenvalue weighted by atomic mass is 35.5. The molecule has 1 aromatic heterocycles. The van der Waals surface area contributed by atoms with Gasteiger partial charge in [-0.05, 0) is 25.0 Å². The Balaban J connectivity index is 2.07. The number of anilines is 1. The van der Waals surface area contributed by atoms with Crippen LogP contribution in [-0.4, -0.2) is 28.1 Å². The molecule has 1 aliphatic carbocycles. The van der Waals surface area contributed by atoms with Gasteiger partial charge in [0.1, 0.15) is 11.0 Å². The van der Waals surface area contributed by atoms with E-state index in [-0.39, 0.29) is 22.9 Å². The molecule has 1 saturated carbocycles. The Labute approximate surface area is 117 Å². The molecular formula is C13H18ClN3O2. The zero-order valence-electron chi connectivity index (χ0n) is 10.6. The predicted octanol–water partition coefficient (Wildman–Crippen LogP) is 1.74. The Morgan fingerprint density at radius 2 is 2.11 bits per heavy atom. The van der Waals surface area contributed by atoms with Gasteiger partial charge in [0.05, 0.1) is 12.1 Å². The molecule has 0 aromatic carbocycles. The number of aliphatic hydroxyl groups excluding tert-OH is 1. The zero-order chi connectivity index (χ0) is 13.8. The molecule has 1 amide bonds. The van der Waals surface area contributed by atoms with Crippen LogP contribution in [0.3, 0.4) is 0 Å². The van der Waals surface area contributed by atoms with E-state index in [0.717, 1.165) is 32.1 Å². The van der Waals surface area contributed by atoms with Gasteiger partial charge in [0, 0.05) is 5.56 Å².